The van der Waals surface area contributed by atoms with Crippen LogP contribution in [0, 0.1) is 22.0 Å². The molecule has 0 unspecified atom stereocenters. The third-order valence-electron chi connectivity index (χ3n) is 6.38. The third-order valence-corrected chi connectivity index (χ3v) is 6.38. The predicted octanol–water partition coefficient (Wildman–Crippen LogP) is 6.65. The monoisotopic (exact) mass is 468 g/mol. The van der Waals surface area contributed by atoms with E-state index in [4.69, 9.17) is 9.47 Å². The maximum atomic E-state index is 13.7. The lowest BCUT2D eigenvalue weighted by molar-refractivity contribution is -0.491. The molecular weight excluding hydrogens is 432 g/mol. The van der Waals surface area contributed by atoms with Crippen LogP contribution in [-0.4, -0.2) is 30.3 Å². The molecule has 0 saturated heterocycles. The van der Waals surface area contributed by atoms with Gasteiger partial charge in [-0.3, -0.25) is 15.0 Å². The van der Waals surface area contributed by atoms with Gasteiger partial charge in [-0.2, -0.15) is 0 Å². The largest absolute Gasteiger partial charge is 0.497 e. The first-order valence-electron chi connectivity index (χ1n) is 12.0. The third kappa shape index (κ3) is 6.72. The summed E-state index contributed by atoms with van der Waals surface area (Å²) < 4.78 is 11.1. The lowest BCUT2D eigenvalue weighted by Crippen LogP contribution is -2.45. The molecule has 0 aromatic heterocycles. The van der Waals surface area contributed by atoms with Crippen LogP contribution in [0.2, 0.25) is 0 Å². The zero-order chi connectivity index (χ0) is 24.7. The fourth-order valence-electron chi connectivity index (χ4n) is 4.91. The van der Waals surface area contributed by atoms with Crippen molar-refractivity contribution in [3.05, 3.63) is 70.3 Å². The number of hydrogen-bond acceptors (Lipinski definition) is 5. The summed E-state index contributed by atoms with van der Waals surface area (Å²) in [5, 5.41) is 11.9. The number of rotatable bonds is 8. The summed E-state index contributed by atoms with van der Waals surface area (Å²) in [6, 6.07) is 16.3. The molecule has 0 spiro atoms. The highest BCUT2D eigenvalue weighted by Gasteiger charge is 2.42. The lowest BCUT2D eigenvalue weighted by atomic mass is 9.74. The minimum absolute atomic E-state index is 0.146. The Kier molecular flexibility index (Phi) is 8.53. The average Bonchev–Trinajstić information content (AvgIpc) is 2.81. The van der Waals surface area contributed by atoms with Crippen LogP contribution in [-0.2, 0) is 4.74 Å². The minimum Gasteiger partial charge on any atom is -0.497 e. The first kappa shape index (κ1) is 25.5. The number of nitrogens with zero attached hydrogens (tertiary/aromatic N) is 2. The zero-order valence-electron chi connectivity index (χ0n) is 20.6. The maximum Gasteiger partial charge on any atom is 0.415 e. The van der Waals surface area contributed by atoms with Gasteiger partial charge < -0.3 is 9.47 Å². The second-order valence-electron chi connectivity index (χ2n) is 9.98. The number of carbonyl (C=O) groups is 1. The van der Waals surface area contributed by atoms with Crippen LogP contribution in [0.5, 0.6) is 5.75 Å². The molecule has 3 rings (SSSR count). The van der Waals surface area contributed by atoms with E-state index in [0.717, 1.165) is 37.7 Å². The van der Waals surface area contributed by atoms with Crippen molar-refractivity contribution in [3.8, 4) is 5.75 Å². The van der Waals surface area contributed by atoms with Crippen molar-refractivity contribution in [1.29, 1.82) is 0 Å². The summed E-state index contributed by atoms with van der Waals surface area (Å²) in [6.07, 6.45) is 4.58. The fraction of sp³-hybridized carbons (Fsp3) is 0.519. The maximum absolute atomic E-state index is 13.7. The molecule has 1 fully saturated rings. The standard InChI is InChI=1S/C27H36N2O5/c1-27(2,3)34-26(30)29(22-15-17-23(33-4)18-16-22)25(21-13-9-6-10-14-21)24(19-28(31)32)20-11-7-5-8-12-20/h6,9-10,13-18,20,24-25H,5,7-8,11-12,19H2,1-4H3/t24-,25-/m1/s1. The Labute approximate surface area is 202 Å². The van der Waals surface area contributed by atoms with E-state index >= 15 is 0 Å². The molecule has 184 valence electrons. The van der Waals surface area contributed by atoms with E-state index in [9.17, 15) is 14.9 Å². The SMILES string of the molecule is COc1ccc(N(C(=O)OC(C)(C)C)[C@H](c2ccccc2)[C@H](C[N+](=O)[O-])C2CCCCC2)cc1. The molecule has 1 aliphatic carbocycles. The molecule has 1 aliphatic rings. The number of amides is 1. The predicted molar refractivity (Wildman–Crippen MR) is 133 cm³/mol. The summed E-state index contributed by atoms with van der Waals surface area (Å²) in [4.78, 5) is 27.0. The summed E-state index contributed by atoms with van der Waals surface area (Å²) in [7, 11) is 1.59. The number of anilines is 1. The van der Waals surface area contributed by atoms with E-state index in [1.807, 2.05) is 63.2 Å². The van der Waals surface area contributed by atoms with Crippen LogP contribution in [0.3, 0.4) is 0 Å². The molecule has 0 radical (unpaired) electrons. The van der Waals surface area contributed by atoms with Gasteiger partial charge >= 0.3 is 6.09 Å². The van der Waals surface area contributed by atoms with Crippen LogP contribution in [0.25, 0.3) is 0 Å². The fourth-order valence-corrected chi connectivity index (χ4v) is 4.91. The van der Waals surface area contributed by atoms with Gasteiger partial charge in [-0.1, -0.05) is 49.6 Å². The molecule has 7 nitrogen and oxygen atoms in total. The lowest BCUT2D eigenvalue weighted by Gasteiger charge is -2.40. The van der Waals surface area contributed by atoms with Crippen molar-refractivity contribution in [2.24, 2.45) is 11.8 Å². The Morgan fingerprint density at radius 2 is 1.68 bits per heavy atom. The van der Waals surface area contributed by atoms with Crippen molar-refractivity contribution in [3.63, 3.8) is 0 Å². The van der Waals surface area contributed by atoms with Crippen molar-refractivity contribution in [2.45, 2.75) is 64.5 Å². The van der Waals surface area contributed by atoms with E-state index in [2.05, 4.69) is 0 Å². The van der Waals surface area contributed by atoms with E-state index in [0.29, 0.717) is 11.4 Å². The van der Waals surface area contributed by atoms with Gasteiger partial charge in [0.05, 0.1) is 19.1 Å². The Morgan fingerprint density at radius 1 is 1.06 bits per heavy atom. The number of ether oxygens (including phenoxy) is 2. The zero-order valence-corrected chi connectivity index (χ0v) is 20.6. The van der Waals surface area contributed by atoms with Crippen molar-refractivity contribution >= 4 is 11.8 Å². The average molecular weight is 469 g/mol. The molecular formula is C27H36N2O5. The normalized spacial score (nSPS) is 16.4. The molecule has 0 heterocycles. The van der Waals surface area contributed by atoms with Crippen molar-refractivity contribution in [2.75, 3.05) is 18.6 Å². The van der Waals surface area contributed by atoms with E-state index in [1.165, 1.54) is 0 Å². The summed E-state index contributed by atoms with van der Waals surface area (Å²) in [5.41, 5.74) is 0.765. The number of carbonyl (C=O) groups excluding carboxylic acids is 1. The summed E-state index contributed by atoms with van der Waals surface area (Å²) >= 11 is 0. The Hall–Kier alpha value is -3.09. The molecule has 0 bridgehead atoms. The molecule has 1 saturated carbocycles. The molecule has 34 heavy (non-hydrogen) atoms. The van der Waals surface area contributed by atoms with Gasteiger partial charge in [0.25, 0.3) is 0 Å². The van der Waals surface area contributed by atoms with Gasteiger partial charge in [0.1, 0.15) is 11.4 Å². The summed E-state index contributed by atoms with van der Waals surface area (Å²) in [5.74, 6) is 0.457. The van der Waals surface area contributed by atoms with Gasteiger partial charge in [0.2, 0.25) is 6.54 Å². The highest BCUT2D eigenvalue weighted by atomic mass is 16.6. The molecule has 2 atom stereocenters. The number of nitro groups is 1. The van der Waals surface area contributed by atoms with Crippen molar-refractivity contribution < 1.29 is 19.2 Å². The van der Waals surface area contributed by atoms with E-state index in [1.54, 1.807) is 24.1 Å². The molecule has 0 N–H and O–H groups in total. The number of hydrogen-bond donors (Lipinski definition) is 0. The molecule has 1 amide bonds. The summed E-state index contributed by atoms with van der Waals surface area (Å²) in [6.45, 7) is 5.26. The Balaban J connectivity index is 2.16. The van der Waals surface area contributed by atoms with Crippen LogP contribution < -0.4 is 9.64 Å². The smallest absolute Gasteiger partial charge is 0.415 e. The van der Waals surface area contributed by atoms with Crippen molar-refractivity contribution in [1.82, 2.24) is 0 Å². The second-order valence-corrected chi connectivity index (χ2v) is 9.98. The first-order chi connectivity index (χ1) is 16.2. The molecule has 0 aliphatic heterocycles. The minimum atomic E-state index is -0.716. The van der Waals surface area contributed by atoms with Crippen LogP contribution in [0.15, 0.2) is 54.6 Å². The van der Waals surface area contributed by atoms with Gasteiger partial charge in [-0.05, 0) is 69.4 Å². The topological polar surface area (TPSA) is 81.9 Å². The second kappa shape index (κ2) is 11.4. The van der Waals surface area contributed by atoms with Crippen LogP contribution >= 0.6 is 0 Å². The molecule has 2 aromatic rings. The van der Waals surface area contributed by atoms with Gasteiger partial charge in [0, 0.05) is 10.6 Å². The Bertz CT molecular complexity index is 934. The molecule has 2 aromatic carbocycles. The van der Waals surface area contributed by atoms with Gasteiger partial charge in [-0.15, -0.1) is 0 Å². The van der Waals surface area contributed by atoms with Crippen LogP contribution in [0.1, 0.15) is 64.5 Å². The highest BCUT2D eigenvalue weighted by Crippen LogP contribution is 2.43. The quantitative estimate of drug-likeness (QED) is 0.320. The first-order valence-corrected chi connectivity index (χ1v) is 12.0. The van der Waals surface area contributed by atoms with E-state index in [-0.39, 0.29) is 23.3 Å². The van der Waals surface area contributed by atoms with Gasteiger partial charge in [0.15, 0.2) is 0 Å². The van der Waals surface area contributed by atoms with Crippen LogP contribution in [0.4, 0.5) is 10.5 Å². The van der Waals surface area contributed by atoms with E-state index < -0.39 is 17.7 Å². The number of methoxy groups -OCH3 is 1. The highest BCUT2D eigenvalue weighted by molar-refractivity contribution is 5.89. The molecule has 7 heteroatoms. The van der Waals surface area contributed by atoms with Gasteiger partial charge in [-0.25, -0.2) is 4.79 Å². The Morgan fingerprint density at radius 3 is 2.21 bits per heavy atom. The number of benzene rings is 2.